The Labute approximate surface area is 187 Å². The van der Waals surface area contributed by atoms with Gasteiger partial charge in [0.2, 0.25) is 5.09 Å². The number of rotatable bonds is 9. The van der Waals surface area contributed by atoms with Crippen LogP contribution in [0, 0.1) is 6.92 Å². The van der Waals surface area contributed by atoms with Crippen molar-refractivity contribution in [1.82, 2.24) is 0 Å². The molecule has 0 aliphatic rings. The van der Waals surface area contributed by atoms with Gasteiger partial charge in [-0.3, -0.25) is 4.31 Å². The lowest BCUT2D eigenvalue weighted by molar-refractivity contribution is -0.131. The van der Waals surface area contributed by atoms with Gasteiger partial charge in [0.15, 0.2) is 0 Å². The monoisotopic (exact) mass is 455 g/mol. The van der Waals surface area contributed by atoms with E-state index in [1.807, 2.05) is 25.1 Å². The molecule has 0 unspecified atom stereocenters. The number of aliphatic carboxylic acids is 1. The Morgan fingerprint density at radius 3 is 2.47 bits per heavy atom. The highest BCUT2D eigenvalue weighted by molar-refractivity contribution is 7.92. The quantitative estimate of drug-likeness (QED) is 0.463. The van der Waals surface area contributed by atoms with E-state index in [1.165, 1.54) is 28.8 Å². The number of furan rings is 1. The van der Waals surface area contributed by atoms with E-state index in [-0.39, 0.29) is 17.7 Å². The van der Waals surface area contributed by atoms with E-state index in [0.29, 0.717) is 11.4 Å². The van der Waals surface area contributed by atoms with Crippen LogP contribution in [0.15, 0.2) is 76.4 Å². The zero-order valence-electron chi connectivity index (χ0n) is 18.1. The first-order valence-corrected chi connectivity index (χ1v) is 11.4. The van der Waals surface area contributed by atoms with Crippen molar-refractivity contribution in [3.8, 4) is 5.75 Å². The summed E-state index contributed by atoms with van der Waals surface area (Å²) in [5, 5.41) is 8.59. The molecule has 0 saturated heterocycles. The van der Waals surface area contributed by atoms with Crippen LogP contribution in [0.2, 0.25) is 0 Å². The van der Waals surface area contributed by atoms with Crippen LogP contribution >= 0.6 is 0 Å². The largest absolute Gasteiger partial charge is 0.487 e. The molecule has 3 rings (SSSR count). The van der Waals surface area contributed by atoms with E-state index in [1.54, 1.807) is 38.1 Å². The zero-order valence-corrected chi connectivity index (χ0v) is 18.9. The minimum Gasteiger partial charge on any atom is -0.487 e. The highest BCUT2D eigenvalue weighted by Crippen LogP contribution is 2.35. The topological polar surface area (TPSA) is 97.0 Å². The summed E-state index contributed by atoms with van der Waals surface area (Å²) in [6, 6.07) is 15.2. The lowest BCUT2D eigenvalue weighted by Crippen LogP contribution is -2.37. The van der Waals surface area contributed by atoms with Crippen LogP contribution in [0.25, 0.3) is 6.08 Å². The second-order valence-corrected chi connectivity index (χ2v) is 9.25. The van der Waals surface area contributed by atoms with Gasteiger partial charge in [0.25, 0.3) is 10.0 Å². The Bertz CT molecular complexity index is 1200. The summed E-state index contributed by atoms with van der Waals surface area (Å²) in [5.41, 5.74) is 2.96. The first-order valence-electron chi connectivity index (χ1n) is 10.00. The number of carboxylic acid groups (broad SMARTS) is 1. The predicted molar refractivity (Wildman–Crippen MR) is 122 cm³/mol. The summed E-state index contributed by atoms with van der Waals surface area (Å²) in [7, 11) is -3.92. The van der Waals surface area contributed by atoms with Gasteiger partial charge in [-0.15, -0.1) is 0 Å². The molecule has 32 heavy (non-hydrogen) atoms. The van der Waals surface area contributed by atoms with Crippen LogP contribution in [-0.4, -0.2) is 25.5 Å². The molecule has 0 aliphatic heterocycles. The predicted octanol–water partition coefficient (Wildman–Crippen LogP) is 4.87. The fourth-order valence-corrected chi connectivity index (χ4v) is 4.75. The van der Waals surface area contributed by atoms with Gasteiger partial charge < -0.3 is 14.3 Å². The second-order valence-electron chi connectivity index (χ2n) is 7.50. The third-order valence-electron chi connectivity index (χ3n) is 4.62. The average molecular weight is 456 g/mol. The Kier molecular flexibility index (Phi) is 7.05. The fourth-order valence-electron chi connectivity index (χ4n) is 3.16. The van der Waals surface area contributed by atoms with E-state index < -0.39 is 16.0 Å². The van der Waals surface area contributed by atoms with Gasteiger partial charge in [-0.05, 0) is 67.8 Å². The minimum atomic E-state index is -3.92. The van der Waals surface area contributed by atoms with Crippen LogP contribution in [0.5, 0.6) is 5.75 Å². The summed E-state index contributed by atoms with van der Waals surface area (Å²) in [4.78, 5) is 10.6. The molecule has 7 nitrogen and oxygen atoms in total. The minimum absolute atomic E-state index is 0.136. The summed E-state index contributed by atoms with van der Waals surface area (Å²) in [6.07, 6.45) is 3.91. The SMILES string of the molecule is Cc1ccc(N(C(C)C)S(=O)(=O)c2ccco2)c(OCc2ccc(/C=C/C(=O)O)cc2)c1. The molecule has 0 atom stereocenters. The van der Waals surface area contributed by atoms with Crippen molar-refractivity contribution in [3.63, 3.8) is 0 Å². The lowest BCUT2D eigenvalue weighted by atomic mass is 10.1. The van der Waals surface area contributed by atoms with Crippen molar-refractivity contribution in [2.24, 2.45) is 0 Å². The number of anilines is 1. The van der Waals surface area contributed by atoms with Crippen LogP contribution in [0.4, 0.5) is 5.69 Å². The third kappa shape index (κ3) is 5.39. The van der Waals surface area contributed by atoms with Crippen LogP contribution in [0.1, 0.15) is 30.5 Å². The molecule has 0 radical (unpaired) electrons. The molecule has 0 spiro atoms. The number of carboxylic acids is 1. The molecule has 2 aromatic carbocycles. The van der Waals surface area contributed by atoms with Crippen molar-refractivity contribution < 1.29 is 27.5 Å². The number of ether oxygens (including phenoxy) is 1. The summed E-state index contributed by atoms with van der Waals surface area (Å²) < 4.78 is 39.0. The molecule has 3 aromatic rings. The molecule has 1 aromatic heterocycles. The molecular weight excluding hydrogens is 430 g/mol. The summed E-state index contributed by atoms with van der Waals surface area (Å²) >= 11 is 0. The number of nitrogens with zero attached hydrogens (tertiary/aromatic N) is 1. The Morgan fingerprint density at radius 2 is 1.88 bits per heavy atom. The number of sulfonamides is 1. The van der Waals surface area contributed by atoms with Gasteiger partial charge in [0.05, 0.1) is 12.0 Å². The van der Waals surface area contributed by atoms with Gasteiger partial charge in [-0.1, -0.05) is 30.3 Å². The molecule has 0 aliphatic carbocycles. The molecule has 0 bridgehead atoms. The maximum Gasteiger partial charge on any atom is 0.328 e. The van der Waals surface area contributed by atoms with E-state index in [9.17, 15) is 13.2 Å². The molecule has 8 heteroatoms. The average Bonchev–Trinajstić information content (AvgIpc) is 3.28. The van der Waals surface area contributed by atoms with Gasteiger partial charge in [0, 0.05) is 12.1 Å². The fraction of sp³-hybridized carbons (Fsp3) is 0.208. The van der Waals surface area contributed by atoms with E-state index >= 15 is 0 Å². The number of hydrogen-bond acceptors (Lipinski definition) is 5. The van der Waals surface area contributed by atoms with E-state index in [2.05, 4.69) is 0 Å². The van der Waals surface area contributed by atoms with Gasteiger partial charge in [-0.2, -0.15) is 8.42 Å². The number of aryl methyl sites for hydroxylation is 1. The number of carbonyl (C=O) groups is 1. The van der Waals surface area contributed by atoms with Crippen molar-refractivity contribution in [1.29, 1.82) is 0 Å². The number of hydrogen-bond donors (Lipinski definition) is 1. The standard InChI is InChI=1S/C24H25NO6S/c1-17(2)25(32(28,29)24-5-4-14-30-24)21-12-6-18(3)15-22(21)31-16-20-9-7-19(8-10-20)11-13-23(26)27/h4-15,17H,16H2,1-3H3,(H,26,27)/b13-11+. The van der Waals surface area contributed by atoms with Crippen LogP contribution < -0.4 is 9.04 Å². The molecule has 0 amide bonds. The van der Waals surface area contributed by atoms with Crippen LogP contribution in [-0.2, 0) is 21.4 Å². The second kappa shape index (κ2) is 9.74. The molecule has 168 valence electrons. The molecular formula is C24H25NO6S. The third-order valence-corrected chi connectivity index (χ3v) is 6.50. The van der Waals surface area contributed by atoms with Crippen molar-refractivity contribution in [2.45, 2.75) is 38.5 Å². The van der Waals surface area contributed by atoms with Crippen molar-refractivity contribution in [3.05, 3.63) is 83.6 Å². The summed E-state index contributed by atoms with van der Waals surface area (Å²) in [6.45, 7) is 5.69. The molecule has 0 fully saturated rings. The lowest BCUT2D eigenvalue weighted by Gasteiger charge is -2.29. The maximum atomic E-state index is 13.2. The zero-order chi connectivity index (χ0) is 23.3. The van der Waals surface area contributed by atoms with Gasteiger partial charge in [0.1, 0.15) is 12.4 Å². The van der Waals surface area contributed by atoms with Crippen molar-refractivity contribution >= 4 is 27.8 Å². The maximum absolute atomic E-state index is 13.2. The van der Waals surface area contributed by atoms with Gasteiger partial charge in [-0.25, -0.2) is 4.79 Å². The first-order chi connectivity index (χ1) is 15.2. The highest BCUT2D eigenvalue weighted by atomic mass is 32.2. The molecule has 1 heterocycles. The van der Waals surface area contributed by atoms with E-state index in [0.717, 1.165) is 22.8 Å². The molecule has 1 N–H and O–H groups in total. The normalized spacial score (nSPS) is 11.8. The van der Waals surface area contributed by atoms with Crippen molar-refractivity contribution in [2.75, 3.05) is 4.31 Å². The van der Waals surface area contributed by atoms with Crippen LogP contribution in [0.3, 0.4) is 0 Å². The summed E-state index contributed by atoms with van der Waals surface area (Å²) in [5.74, 6) is -0.577. The van der Waals surface area contributed by atoms with E-state index in [4.69, 9.17) is 14.3 Å². The number of benzene rings is 2. The Morgan fingerprint density at radius 1 is 1.16 bits per heavy atom. The van der Waals surface area contributed by atoms with Gasteiger partial charge >= 0.3 is 5.97 Å². The Balaban J connectivity index is 1.88. The highest BCUT2D eigenvalue weighted by Gasteiger charge is 2.32. The smallest absolute Gasteiger partial charge is 0.328 e. The Hall–Kier alpha value is -3.52. The molecule has 0 saturated carbocycles. The first kappa shape index (κ1) is 23.1.